The average molecular weight is 182 g/mol. The smallest absolute Gasteiger partial charge is 0.128 e. The van der Waals surface area contributed by atoms with Gasteiger partial charge in [0.15, 0.2) is 0 Å². The highest BCUT2D eigenvalue weighted by Gasteiger charge is 2.02. The van der Waals surface area contributed by atoms with Crippen LogP contribution in [-0.4, -0.2) is 12.1 Å². The van der Waals surface area contributed by atoms with E-state index in [2.05, 4.69) is 4.98 Å². The van der Waals surface area contributed by atoms with E-state index in [1.165, 1.54) is 0 Å². The van der Waals surface area contributed by atoms with Gasteiger partial charge in [0.05, 0.1) is 12.6 Å². The molecule has 0 bridgehead atoms. The molecule has 0 unspecified atom stereocenters. The first-order valence-electron chi connectivity index (χ1n) is 3.62. The number of fused-ring (bicyclic) bond motifs is 1. The highest BCUT2D eigenvalue weighted by Crippen LogP contribution is 2.27. The summed E-state index contributed by atoms with van der Waals surface area (Å²) in [6.07, 6.45) is 0. The number of hydrogen-bond acceptors (Lipinski definition) is 1. The lowest BCUT2D eigenvalue weighted by molar-refractivity contribution is 0.420. The van der Waals surface area contributed by atoms with Crippen LogP contribution in [0.5, 0.6) is 5.75 Å². The van der Waals surface area contributed by atoms with Gasteiger partial charge in [0.25, 0.3) is 0 Å². The first-order valence-corrected chi connectivity index (χ1v) is 4.00. The van der Waals surface area contributed by atoms with E-state index in [-0.39, 0.29) is 0 Å². The Hall–Kier alpha value is -1.15. The molecule has 62 valence electrons. The van der Waals surface area contributed by atoms with Crippen LogP contribution in [-0.2, 0) is 0 Å². The third-order valence-electron chi connectivity index (χ3n) is 1.81. The maximum Gasteiger partial charge on any atom is 0.128 e. The highest BCUT2D eigenvalue weighted by molar-refractivity contribution is 6.30. The number of halogens is 1. The lowest BCUT2D eigenvalue weighted by atomic mass is 10.2. The average Bonchev–Trinajstić information content (AvgIpc) is 2.44. The molecular formula is C9H8ClNO. The maximum absolute atomic E-state index is 5.80. The van der Waals surface area contributed by atoms with Gasteiger partial charge in [-0.1, -0.05) is 17.7 Å². The molecule has 2 rings (SSSR count). The van der Waals surface area contributed by atoms with Crippen molar-refractivity contribution >= 4 is 22.5 Å². The molecule has 0 aliphatic heterocycles. The van der Waals surface area contributed by atoms with Crippen LogP contribution in [0.3, 0.4) is 0 Å². The molecule has 0 spiro atoms. The number of ether oxygens (including phenoxy) is 1. The number of methoxy groups -OCH3 is 1. The minimum Gasteiger partial charge on any atom is -0.496 e. The zero-order valence-electron chi connectivity index (χ0n) is 6.60. The summed E-state index contributed by atoms with van der Waals surface area (Å²) in [5, 5.41) is 1.65. The molecule has 0 radical (unpaired) electrons. The van der Waals surface area contributed by atoms with Crippen LogP contribution in [0.25, 0.3) is 10.9 Å². The molecule has 0 atom stereocenters. The summed E-state index contributed by atoms with van der Waals surface area (Å²) in [7, 11) is 1.65. The lowest BCUT2D eigenvalue weighted by Gasteiger charge is -1.99. The summed E-state index contributed by atoms with van der Waals surface area (Å²) >= 11 is 5.80. The number of aromatic nitrogens is 1. The van der Waals surface area contributed by atoms with Gasteiger partial charge in [-0.3, -0.25) is 0 Å². The van der Waals surface area contributed by atoms with E-state index in [1.54, 1.807) is 7.11 Å². The second-order valence-corrected chi connectivity index (χ2v) is 2.95. The SMILES string of the molecule is COc1cccc2[nH]c(Cl)cc12. The van der Waals surface area contributed by atoms with Crippen molar-refractivity contribution in [3.63, 3.8) is 0 Å². The van der Waals surface area contributed by atoms with Gasteiger partial charge < -0.3 is 9.72 Å². The zero-order valence-corrected chi connectivity index (χ0v) is 7.35. The van der Waals surface area contributed by atoms with Crippen molar-refractivity contribution in [2.24, 2.45) is 0 Å². The second kappa shape index (κ2) is 2.72. The van der Waals surface area contributed by atoms with Crippen LogP contribution in [0.2, 0.25) is 5.15 Å². The van der Waals surface area contributed by atoms with Gasteiger partial charge in [-0.2, -0.15) is 0 Å². The van der Waals surface area contributed by atoms with Crippen molar-refractivity contribution < 1.29 is 4.74 Å². The Kier molecular flexibility index (Phi) is 1.70. The van der Waals surface area contributed by atoms with E-state index in [0.717, 1.165) is 16.7 Å². The lowest BCUT2D eigenvalue weighted by Crippen LogP contribution is -1.81. The van der Waals surface area contributed by atoms with Gasteiger partial charge in [0, 0.05) is 5.39 Å². The Balaban J connectivity index is 2.78. The van der Waals surface area contributed by atoms with E-state index >= 15 is 0 Å². The molecule has 1 N–H and O–H groups in total. The van der Waals surface area contributed by atoms with Gasteiger partial charge in [0.2, 0.25) is 0 Å². The molecule has 0 fully saturated rings. The Morgan fingerprint density at radius 3 is 3.00 bits per heavy atom. The van der Waals surface area contributed by atoms with Crippen LogP contribution in [0.15, 0.2) is 24.3 Å². The fourth-order valence-corrected chi connectivity index (χ4v) is 1.48. The molecule has 0 aliphatic carbocycles. The fourth-order valence-electron chi connectivity index (χ4n) is 1.27. The third-order valence-corrected chi connectivity index (χ3v) is 2.01. The van der Waals surface area contributed by atoms with Crippen molar-refractivity contribution in [2.75, 3.05) is 7.11 Å². The molecule has 0 aliphatic rings. The standard InChI is InChI=1S/C9H8ClNO/c1-12-8-4-2-3-7-6(8)5-9(10)11-7/h2-5,11H,1H3. The molecule has 2 aromatic rings. The number of benzene rings is 1. The predicted octanol–water partition coefficient (Wildman–Crippen LogP) is 2.83. The summed E-state index contributed by atoms with van der Waals surface area (Å²) in [4.78, 5) is 3.02. The van der Waals surface area contributed by atoms with E-state index in [0.29, 0.717) is 5.15 Å². The molecule has 0 amide bonds. The number of aromatic amines is 1. The van der Waals surface area contributed by atoms with Crippen molar-refractivity contribution in [1.29, 1.82) is 0 Å². The number of H-pyrrole nitrogens is 1. The number of rotatable bonds is 1. The minimum atomic E-state index is 0.634. The number of hydrogen-bond donors (Lipinski definition) is 1. The minimum absolute atomic E-state index is 0.634. The van der Waals surface area contributed by atoms with Crippen molar-refractivity contribution in [3.05, 3.63) is 29.4 Å². The molecule has 1 aromatic heterocycles. The molecule has 3 heteroatoms. The normalized spacial score (nSPS) is 10.5. The van der Waals surface area contributed by atoms with Crippen LogP contribution in [0.4, 0.5) is 0 Å². The zero-order chi connectivity index (χ0) is 8.55. The molecule has 0 saturated carbocycles. The van der Waals surface area contributed by atoms with Crippen molar-refractivity contribution in [3.8, 4) is 5.75 Å². The van der Waals surface area contributed by atoms with Crippen LogP contribution in [0, 0.1) is 0 Å². The molecule has 0 saturated heterocycles. The monoisotopic (exact) mass is 181 g/mol. The van der Waals surface area contributed by atoms with E-state index in [1.807, 2.05) is 24.3 Å². The maximum atomic E-state index is 5.80. The Morgan fingerprint density at radius 1 is 1.42 bits per heavy atom. The van der Waals surface area contributed by atoms with Gasteiger partial charge in [-0.05, 0) is 18.2 Å². The van der Waals surface area contributed by atoms with Crippen LogP contribution < -0.4 is 4.74 Å². The summed E-state index contributed by atoms with van der Waals surface area (Å²) in [6.45, 7) is 0. The Bertz CT molecular complexity index is 408. The molecule has 12 heavy (non-hydrogen) atoms. The molecule has 1 aromatic carbocycles. The van der Waals surface area contributed by atoms with E-state index in [4.69, 9.17) is 16.3 Å². The number of nitrogens with one attached hydrogen (secondary N) is 1. The largest absolute Gasteiger partial charge is 0.496 e. The first-order chi connectivity index (χ1) is 5.81. The van der Waals surface area contributed by atoms with Crippen LogP contribution >= 0.6 is 11.6 Å². The Morgan fingerprint density at radius 2 is 2.25 bits per heavy atom. The van der Waals surface area contributed by atoms with Gasteiger partial charge in [-0.25, -0.2) is 0 Å². The molecule has 1 heterocycles. The van der Waals surface area contributed by atoms with E-state index in [9.17, 15) is 0 Å². The summed E-state index contributed by atoms with van der Waals surface area (Å²) in [5.41, 5.74) is 0.999. The van der Waals surface area contributed by atoms with Gasteiger partial charge >= 0.3 is 0 Å². The Labute approximate surface area is 75.1 Å². The topological polar surface area (TPSA) is 25.0 Å². The molecular weight excluding hydrogens is 174 g/mol. The second-order valence-electron chi connectivity index (χ2n) is 2.54. The fraction of sp³-hybridized carbons (Fsp3) is 0.111. The van der Waals surface area contributed by atoms with Crippen LogP contribution in [0.1, 0.15) is 0 Å². The summed E-state index contributed by atoms with van der Waals surface area (Å²) in [6, 6.07) is 7.65. The predicted molar refractivity (Wildman–Crippen MR) is 49.9 cm³/mol. The van der Waals surface area contributed by atoms with E-state index < -0.39 is 0 Å². The van der Waals surface area contributed by atoms with Crippen molar-refractivity contribution in [2.45, 2.75) is 0 Å². The van der Waals surface area contributed by atoms with Gasteiger partial charge in [0.1, 0.15) is 10.9 Å². The molecule has 2 nitrogen and oxygen atoms in total. The van der Waals surface area contributed by atoms with Gasteiger partial charge in [-0.15, -0.1) is 0 Å². The quantitative estimate of drug-likeness (QED) is 0.719. The highest BCUT2D eigenvalue weighted by atomic mass is 35.5. The first kappa shape index (κ1) is 7.50. The summed E-state index contributed by atoms with van der Waals surface area (Å²) < 4.78 is 5.16. The third kappa shape index (κ3) is 1.04. The summed E-state index contributed by atoms with van der Waals surface area (Å²) in [5.74, 6) is 0.843. The van der Waals surface area contributed by atoms with Crippen molar-refractivity contribution in [1.82, 2.24) is 4.98 Å².